The zero-order valence-corrected chi connectivity index (χ0v) is 11.4. The van der Waals surface area contributed by atoms with Crippen molar-refractivity contribution < 1.29 is 17.7 Å². The van der Waals surface area contributed by atoms with Gasteiger partial charge in [-0.2, -0.15) is 8.42 Å². The van der Waals surface area contributed by atoms with Gasteiger partial charge in [-0.1, -0.05) is 29.3 Å². The molecule has 96 valence electrons. The van der Waals surface area contributed by atoms with E-state index in [0.29, 0.717) is 22.0 Å². The zero-order valence-electron chi connectivity index (χ0n) is 9.06. The summed E-state index contributed by atoms with van der Waals surface area (Å²) < 4.78 is 25.9. The van der Waals surface area contributed by atoms with Crippen molar-refractivity contribution >= 4 is 33.3 Å². The molecule has 0 amide bonds. The SMILES string of the molecule is CS(=O)(=O)OC(O)CCc1c(Cl)cccc1Cl. The summed E-state index contributed by atoms with van der Waals surface area (Å²) >= 11 is 11.8. The molecule has 7 heteroatoms. The Hall–Kier alpha value is -0.330. The second-order valence-corrected chi connectivity index (χ2v) is 5.91. The molecular formula is C10H12Cl2O4S. The van der Waals surface area contributed by atoms with E-state index in [0.717, 1.165) is 6.26 Å². The van der Waals surface area contributed by atoms with Gasteiger partial charge in [0.15, 0.2) is 6.29 Å². The number of hydrogen-bond acceptors (Lipinski definition) is 4. The molecule has 0 aliphatic rings. The Kier molecular flexibility index (Phi) is 5.22. The molecule has 0 spiro atoms. The fraction of sp³-hybridized carbons (Fsp3) is 0.400. The molecule has 0 fully saturated rings. The van der Waals surface area contributed by atoms with Crippen molar-refractivity contribution in [1.29, 1.82) is 0 Å². The summed E-state index contributed by atoms with van der Waals surface area (Å²) in [6.45, 7) is 0. The molecule has 1 unspecified atom stereocenters. The molecule has 17 heavy (non-hydrogen) atoms. The van der Waals surface area contributed by atoms with Gasteiger partial charge in [0, 0.05) is 16.5 Å². The lowest BCUT2D eigenvalue weighted by Crippen LogP contribution is -2.17. The van der Waals surface area contributed by atoms with Crippen LogP contribution in [0.2, 0.25) is 10.0 Å². The maximum absolute atomic E-state index is 10.8. The zero-order chi connectivity index (χ0) is 13.1. The Morgan fingerprint density at radius 1 is 1.35 bits per heavy atom. The smallest absolute Gasteiger partial charge is 0.266 e. The van der Waals surface area contributed by atoms with Crippen LogP contribution < -0.4 is 0 Å². The van der Waals surface area contributed by atoms with Gasteiger partial charge >= 0.3 is 0 Å². The molecule has 0 aliphatic heterocycles. The Balaban J connectivity index is 2.62. The highest BCUT2D eigenvalue weighted by atomic mass is 35.5. The van der Waals surface area contributed by atoms with Crippen molar-refractivity contribution in [2.45, 2.75) is 19.1 Å². The molecule has 0 aliphatic carbocycles. The Morgan fingerprint density at radius 3 is 2.35 bits per heavy atom. The van der Waals surface area contributed by atoms with Gasteiger partial charge in [-0.25, -0.2) is 4.18 Å². The van der Waals surface area contributed by atoms with Crippen LogP contribution in [0.1, 0.15) is 12.0 Å². The average molecular weight is 299 g/mol. The van der Waals surface area contributed by atoms with Crippen molar-refractivity contribution in [2.75, 3.05) is 6.26 Å². The van der Waals surface area contributed by atoms with Crippen molar-refractivity contribution in [3.63, 3.8) is 0 Å². The van der Waals surface area contributed by atoms with Crippen LogP contribution in [0.15, 0.2) is 18.2 Å². The molecule has 4 nitrogen and oxygen atoms in total. The fourth-order valence-electron chi connectivity index (χ4n) is 1.29. The third-order valence-electron chi connectivity index (χ3n) is 1.99. The predicted molar refractivity (Wildman–Crippen MR) is 66.7 cm³/mol. The first kappa shape index (κ1) is 14.7. The van der Waals surface area contributed by atoms with Crippen LogP contribution in [0.25, 0.3) is 0 Å². The normalized spacial score (nSPS) is 13.6. The van der Waals surface area contributed by atoms with Gasteiger partial charge in [0.2, 0.25) is 0 Å². The standard InChI is InChI=1S/C10H12Cl2O4S/c1-17(14,15)16-10(13)6-5-7-8(11)3-2-4-9(7)12/h2-4,10,13H,5-6H2,1H3. The number of aliphatic hydroxyl groups is 1. The van der Waals surface area contributed by atoms with E-state index in [1.54, 1.807) is 18.2 Å². The lowest BCUT2D eigenvalue weighted by atomic mass is 10.1. The first-order valence-corrected chi connectivity index (χ1v) is 7.36. The third kappa shape index (κ3) is 5.23. The molecule has 0 aromatic heterocycles. The summed E-state index contributed by atoms with van der Waals surface area (Å²) in [6.07, 6.45) is -0.0953. The summed E-state index contributed by atoms with van der Waals surface area (Å²) in [4.78, 5) is 0. The van der Waals surface area contributed by atoms with Crippen molar-refractivity contribution in [3.8, 4) is 0 Å². The molecule has 0 saturated carbocycles. The van der Waals surface area contributed by atoms with Gasteiger partial charge in [-0.05, 0) is 24.1 Å². The first-order valence-electron chi connectivity index (χ1n) is 4.79. The molecular weight excluding hydrogens is 287 g/mol. The van der Waals surface area contributed by atoms with E-state index in [9.17, 15) is 13.5 Å². The van der Waals surface area contributed by atoms with E-state index in [4.69, 9.17) is 23.2 Å². The summed E-state index contributed by atoms with van der Waals surface area (Å²) in [7, 11) is -3.66. The minimum Gasteiger partial charge on any atom is -0.367 e. The Labute approximate surface area is 110 Å². The molecule has 0 heterocycles. The summed E-state index contributed by atoms with van der Waals surface area (Å²) in [5.74, 6) is 0. The van der Waals surface area contributed by atoms with Crippen molar-refractivity contribution in [3.05, 3.63) is 33.8 Å². The van der Waals surface area contributed by atoms with Crippen LogP contribution in [0, 0.1) is 0 Å². The van der Waals surface area contributed by atoms with Crippen LogP contribution in [-0.2, 0) is 20.7 Å². The largest absolute Gasteiger partial charge is 0.367 e. The van der Waals surface area contributed by atoms with Gasteiger partial charge in [0.05, 0.1) is 6.26 Å². The first-order chi connectivity index (χ1) is 7.79. The van der Waals surface area contributed by atoms with Crippen molar-refractivity contribution in [2.24, 2.45) is 0 Å². The van der Waals surface area contributed by atoms with E-state index in [-0.39, 0.29) is 6.42 Å². The Bertz CT molecular complexity index is 467. The second kappa shape index (κ2) is 6.02. The fourth-order valence-corrected chi connectivity index (χ4v) is 2.38. The summed E-state index contributed by atoms with van der Waals surface area (Å²) in [5.41, 5.74) is 0.659. The highest BCUT2D eigenvalue weighted by Gasteiger charge is 2.14. The maximum atomic E-state index is 10.8. The van der Waals surface area contributed by atoms with Crippen LogP contribution in [0.5, 0.6) is 0 Å². The molecule has 1 rings (SSSR count). The molecule has 0 bridgehead atoms. The molecule has 1 N–H and O–H groups in total. The lowest BCUT2D eigenvalue weighted by Gasteiger charge is -2.11. The molecule has 1 aromatic rings. The summed E-state index contributed by atoms with van der Waals surface area (Å²) in [6, 6.07) is 5.05. The topological polar surface area (TPSA) is 63.6 Å². The van der Waals surface area contributed by atoms with E-state index in [2.05, 4.69) is 4.18 Å². The minimum atomic E-state index is -3.66. The van der Waals surface area contributed by atoms with Gasteiger partial charge < -0.3 is 5.11 Å². The van der Waals surface area contributed by atoms with Crippen LogP contribution in [0.3, 0.4) is 0 Å². The third-order valence-corrected chi connectivity index (χ3v) is 3.27. The molecule has 0 radical (unpaired) electrons. The van der Waals surface area contributed by atoms with E-state index in [1.165, 1.54) is 0 Å². The number of rotatable bonds is 5. The van der Waals surface area contributed by atoms with E-state index >= 15 is 0 Å². The van der Waals surface area contributed by atoms with Crippen LogP contribution in [0.4, 0.5) is 0 Å². The number of benzene rings is 1. The second-order valence-electron chi connectivity index (χ2n) is 3.49. The number of halogens is 2. The van der Waals surface area contributed by atoms with Crippen LogP contribution >= 0.6 is 23.2 Å². The van der Waals surface area contributed by atoms with Crippen LogP contribution in [-0.4, -0.2) is 26.1 Å². The van der Waals surface area contributed by atoms with Gasteiger partial charge in [0.1, 0.15) is 0 Å². The number of hydrogen-bond donors (Lipinski definition) is 1. The minimum absolute atomic E-state index is 0.0938. The Morgan fingerprint density at radius 2 is 1.88 bits per heavy atom. The average Bonchev–Trinajstić information content (AvgIpc) is 2.14. The number of aliphatic hydroxyl groups excluding tert-OH is 1. The monoisotopic (exact) mass is 298 g/mol. The van der Waals surface area contributed by atoms with E-state index in [1.807, 2.05) is 0 Å². The predicted octanol–water partition coefficient (Wildman–Crippen LogP) is 2.22. The maximum Gasteiger partial charge on any atom is 0.266 e. The molecule has 1 atom stereocenters. The molecule has 0 saturated heterocycles. The van der Waals surface area contributed by atoms with Gasteiger partial charge in [0.25, 0.3) is 10.1 Å². The van der Waals surface area contributed by atoms with Gasteiger partial charge in [-0.15, -0.1) is 0 Å². The van der Waals surface area contributed by atoms with E-state index < -0.39 is 16.4 Å². The quantitative estimate of drug-likeness (QED) is 0.669. The molecule has 1 aromatic carbocycles. The lowest BCUT2D eigenvalue weighted by molar-refractivity contribution is -0.0165. The highest BCUT2D eigenvalue weighted by Crippen LogP contribution is 2.25. The van der Waals surface area contributed by atoms with Gasteiger partial charge in [-0.3, -0.25) is 0 Å². The van der Waals surface area contributed by atoms with Crippen molar-refractivity contribution in [1.82, 2.24) is 0 Å². The highest BCUT2D eigenvalue weighted by molar-refractivity contribution is 7.86. The summed E-state index contributed by atoms with van der Waals surface area (Å²) in [5, 5.41) is 10.3.